The summed E-state index contributed by atoms with van der Waals surface area (Å²) in [5, 5.41) is 4.38. The molecule has 0 fully saturated rings. The molecule has 0 aliphatic heterocycles. The monoisotopic (exact) mass is 302 g/mol. The third kappa shape index (κ3) is 2.70. The number of hydrogen-bond donors (Lipinski definition) is 1. The Labute approximate surface area is 135 Å². The predicted molar refractivity (Wildman–Crippen MR) is 92.6 cm³/mol. The number of carbonyl (C=O) groups is 1. The lowest BCUT2D eigenvalue weighted by molar-refractivity contribution is -0.108. The van der Waals surface area contributed by atoms with E-state index < -0.39 is 0 Å². The van der Waals surface area contributed by atoms with Gasteiger partial charge in [0.1, 0.15) is 12.3 Å². The van der Waals surface area contributed by atoms with E-state index in [-0.39, 0.29) is 6.04 Å². The molecule has 4 rings (SSSR count). The molecule has 1 aromatic heterocycles. The highest BCUT2D eigenvalue weighted by molar-refractivity contribution is 5.80. The zero-order chi connectivity index (χ0) is 15.6. The molecule has 0 amide bonds. The molecule has 0 spiro atoms. The topological polar surface area (TPSA) is 42.0 Å². The average Bonchev–Trinajstić information content (AvgIpc) is 3.07. The molecule has 23 heavy (non-hydrogen) atoms. The molecular formula is C20H18N2O. The third-order valence-electron chi connectivity index (χ3n) is 4.53. The minimum absolute atomic E-state index is 0.383. The molecular weight excluding hydrogens is 284 g/mol. The van der Waals surface area contributed by atoms with Crippen molar-refractivity contribution in [1.82, 2.24) is 4.98 Å². The van der Waals surface area contributed by atoms with Crippen molar-refractivity contribution in [3.05, 3.63) is 71.4 Å². The van der Waals surface area contributed by atoms with Gasteiger partial charge in [-0.25, -0.2) is 0 Å². The van der Waals surface area contributed by atoms with Crippen molar-refractivity contribution in [2.75, 3.05) is 5.32 Å². The van der Waals surface area contributed by atoms with E-state index in [0.717, 1.165) is 34.9 Å². The summed E-state index contributed by atoms with van der Waals surface area (Å²) in [5.41, 5.74) is 5.66. The molecule has 1 aliphatic rings. The van der Waals surface area contributed by atoms with E-state index in [2.05, 4.69) is 28.5 Å². The molecule has 1 atom stereocenters. The number of pyridine rings is 1. The summed E-state index contributed by atoms with van der Waals surface area (Å²) < 4.78 is 0. The second-order valence-corrected chi connectivity index (χ2v) is 6.06. The molecule has 114 valence electrons. The highest BCUT2D eigenvalue weighted by atomic mass is 16.1. The molecule has 0 radical (unpaired) electrons. The van der Waals surface area contributed by atoms with E-state index in [1.165, 1.54) is 24.0 Å². The van der Waals surface area contributed by atoms with Gasteiger partial charge in [0.25, 0.3) is 0 Å². The van der Waals surface area contributed by atoms with Crippen molar-refractivity contribution < 1.29 is 4.79 Å². The highest BCUT2D eigenvalue weighted by Crippen LogP contribution is 2.27. The minimum atomic E-state index is -0.383. The molecule has 3 nitrogen and oxygen atoms in total. The third-order valence-corrected chi connectivity index (χ3v) is 4.53. The number of fused-ring (bicyclic) bond motifs is 2. The standard InChI is InChI=1S/C20H18N2O/c23-13-20(17-10-16-4-1-2-7-19(16)21-12-17)22-18-9-8-14-5-3-6-15(14)11-18/h1-2,4,7-13,20,22H,3,5-6H2. The molecule has 0 saturated carbocycles. The number of nitrogens with one attached hydrogen (secondary N) is 1. The molecule has 0 bridgehead atoms. The number of hydrogen-bond acceptors (Lipinski definition) is 3. The first-order valence-corrected chi connectivity index (χ1v) is 8.02. The van der Waals surface area contributed by atoms with Gasteiger partial charge in [-0.15, -0.1) is 0 Å². The van der Waals surface area contributed by atoms with E-state index >= 15 is 0 Å². The fraction of sp³-hybridized carbons (Fsp3) is 0.200. The van der Waals surface area contributed by atoms with E-state index in [9.17, 15) is 4.79 Å². The van der Waals surface area contributed by atoms with Crippen LogP contribution in [0.4, 0.5) is 5.69 Å². The van der Waals surface area contributed by atoms with E-state index in [0.29, 0.717) is 0 Å². The maximum Gasteiger partial charge on any atom is 0.146 e. The Bertz CT molecular complexity index is 872. The van der Waals surface area contributed by atoms with E-state index in [1.54, 1.807) is 6.20 Å². The lowest BCUT2D eigenvalue weighted by atomic mass is 10.1. The van der Waals surface area contributed by atoms with Gasteiger partial charge in [-0.05, 0) is 54.7 Å². The quantitative estimate of drug-likeness (QED) is 0.739. The Kier molecular flexibility index (Phi) is 3.54. The Hall–Kier alpha value is -2.68. The van der Waals surface area contributed by atoms with Crippen molar-refractivity contribution in [3.8, 4) is 0 Å². The van der Waals surface area contributed by atoms with Crippen LogP contribution in [0.5, 0.6) is 0 Å². The summed E-state index contributed by atoms with van der Waals surface area (Å²) >= 11 is 0. The van der Waals surface area contributed by atoms with Crippen molar-refractivity contribution >= 4 is 22.9 Å². The van der Waals surface area contributed by atoms with Gasteiger partial charge >= 0.3 is 0 Å². The van der Waals surface area contributed by atoms with Crippen LogP contribution in [-0.2, 0) is 17.6 Å². The molecule has 1 N–H and O–H groups in total. The Morgan fingerprint density at radius 1 is 1.04 bits per heavy atom. The Morgan fingerprint density at radius 2 is 1.91 bits per heavy atom. The molecule has 3 aromatic rings. The number of aromatic nitrogens is 1. The number of benzene rings is 2. The van der Waals surface area contributed by atoms with E-state index in [1.807, 2.05) is 30.3 Å². The van der Waals surface area contributed by atoms with Crippen LogP contribution in [-0.4, -0.2) is 11.3 Å². The minimum Gasteiger partial charge on any atom is -0.372 e. The van der Waals surface area contributed by atoms with Gasteiger partial charge in [0.15, 0.2) is 0 Å². The molecule has 2 aromatic carbocycles. The van der Waals surface area contributed by atoms with Gasteiger partial charge in [-0.3, -0.25) is 4.98 Å². The number of aldehydes is 1. The van der Waals surface area contributed by atoms with Crippen molar-refractivity contribution in [2.24, 2.45) is 0 Å². The normalized spacial score (nSPS) is 14.4. The highest BCUT2D eigenvalue weighted by Gasteiger charge is 2.14. The van der Waals surface area contributed by atoms with Crippen LogP contribution in [0.2, 0.25) is 0 Å². The van der Waals surface area contributed by atoms with Crippen LogP contribution in [0.1, 0.15) is 29.2 Å². The lowest BCUT2D eigenvalue weighted by Gasteiger charge is -2.15. The Morgan fingerprint density at radius 3 is 2.83 bits per heavy atom. The maximum atomic E-state index is 11.6. The first kappa shape index (κ1) is 13.9. The average molecular weight is 302 g/mol. The smallest absolute Gasteiger partial charge is 0.146 e. The summed E-state index contributed by atoms with van der Waals surface area (Å²) in [6, 6.07) is 16.0. The molecule has 0 saturated heterocycles. The van der Waals surface area contributed by atoms with Crippen molar-refractivity contribution in [3.63, 3.8) is 0 Å². The van der Waals surface area contributed by atoms with Crippen molar-refractivity contribution in [2.45, 2.75) is 25.3 Å². The fourth-order valence-electron chi connectivity index (χ4n) is 3.30. The first-order chi connectivity index (χ1) is 11.3. The summed E-state index contributed by atoms with van der Waals surface area (Å²) in [6.45, 7) is 0. The molecule has 3 heteroatoms. The number of nitrogens with zero attached hydrogens (tertiary/aromatic N) is 1. The summed E-state index contributed by atoms with van der Waals surface area (Å²) in [6.07, 6.45) is 6.25. The van der Waals surface area contributed by atoms with Gasteiger partial charge in [0, 0.05) is 22.8 Å². The van der Waals surface area contributed by atoms with Gasteiger partial charge in [0.05, 0.1) is 5.52 Å². The summed E-state index contributed by atoms with van der Waals surface area (Å²) in [4.78, 5) is 16.0. The van der Waals surface area contributed by atoms with Crippen LogP contribution in [0.15, 0.2) is 54.7 Å². The number of rotatable bonds is 4. The van der Waals surface area contributed by atoms with Crippen LogP contribution >= 0.6 is 0 Å². The number of para-hydroxylation sites is 1. The summed E-state index contributed by atoms with van der Waals surface area (Å²) in [7, 11) is 0. The van der Waals surface area contributed by atoms with Gasteiger partial charge < -0.3 is 10.1 Å². The van der Waals surface area contributed by atoms with Crippen LogP contribution in [0.25, 0.3) is 10.9 Å². The number of aryl methyl sites for hydroxylation is 2. The Balaban J connectivity index is 1.63. The zero-order valence-corrected chi connectivity index (χ0v) is 12.8. The second kappa shape index (κ2) is 5.84. The van der Waals surface area contributed by atoms with Gasteiger partial charge in [-0.1, -0.05) is 24.3 Å². The number of anilines is 1. The van der Waals surface area contributed by atoms with Crippen LogP contribution in [0.3, 0.4) is 0 Å². The largest absolute Gasteiger partial charge is 0.372 e. The molecule has 1 aliphatic carbocycles. The fourth-order valence-corrected chi connectivity index (χ4v) is 3.30. The predicted octanol–water partition coefficient (Wildman–Crippen LogP) is 4.08. The lowest BCUT2D eigenvalue weighted by Crippen LogP contribution is -2.12. The van der Waals surface area contributed by atoms with Crippen LogP contribution < -0.4 is 5.32 Å². The first-order valence-electron chi connectivity index (χ1n) is 8.02. The van der Waals surface area contributed by atoms with Crippen LogP contribution in [0, 0.1) is 0 Å². The van der Waals surface area contributed by atoms with Gasteiger partial charge in [-0.2, -0.15) is 0 Å². The molecule has 1 heterocycles. The maximum absolute atomic E-state index is 11.6. The SMILES string of the molecule is O=CC(Nc1ccc2c(c1)CCC2)c1cnc2ccccc2c1. The second-order valence-electron chi connectivity index (χ2n) is 6.06. The molecule has 1 unspecified atom stereocenters. The number of carbonyl (C=O) groups excluding carboxylic acids is 1. The summed E-state index contributed by atoms with van der Waals surface area (Å²) in [5.74, 6) is 0. The zero-order valence-electron chi connectivity index (χ0n) is 12.8. The van der Waals surface area contributed by atoms with E-state index in [4.69, 9.17) is 0 Å². The van der Waals surface area contributed by atoms with Gasteiger partial charge in [0.2, 0.25) is 0 Å². The van der Waals surface area contributed by atoms with Crippen molar-refractivity contribution in [1.29, 1.82) is 0 Å².